The van der Waals surface area contributed by atoms with E-state index in [9.17, 15) is 23.2 Å². The van der Waals surface area contributed by atoms with Crippen molar-refractivity contribution >= 4 is 51.9 Å². The van der Waals surface area contributed by atoms with Gasteiger partial charge in [-0.3, -0.25) is 19.4 Å². The summed E-state index contributed by atoms with van der Waals surface area (Å²) in [6.07, 6.45) is 7.38. The van der Waals surface area contributed by atoms with E-state index in [4.69, 9.17) is 4.74 Å². The second-order valence-electron chi connectivity index (χ2n) is 13.0. The first-order chi connectivity index (χ1) is 24.8. The summed E-state index contributed by atoms with van der Waals surface area (Å²) in [4.78, 5) is 54.1. The van der Waals surface area contributed by atoms with E-state index in [0.29, 0.717) is 46.8 Å². The van der Waals surface area contributed by atoms with Crippen molar-refractivity contribution in [3.63, 3.8) is 0 Å². The lowest BCUT2D eigenvalue weighted by atomic mass is 9.73. The Kier molecular flexibility index (Phi) is 8.52. The number of para-hydroxylation sites is 1. The minimum Gasteiger partial charge on any atom is -0.381 e. The van der Waals surface area contributed by atoms with Crippen LogP contribution in [-0.2, 0) is 11.2 Å². The van der Waals surface area contributed by atoms with Crippen LogP contribution in [0.1, 0.15) is 48.8 Å². The van der Waals surface area contributed by atoms with Gasteiger partial charge in [0.1, 0.15) is 23.1 Å². The van der Waals surface area contributed by atoms with Gasteiger partial charge in [0.2, 0.25) is 0 Å². The zero-order chi connectivity index (χ0) is 35.1. The Morgan fingerprint density at radius 3 is 2.41 bits per heavy atom. The van der Waals surface area contributed by atoms with Gasteiger partial charge in [-0.25, -0.2) is 13.8 Å². The van der Waals surface area contributed by atoms with Crippen molar-refractivity contribution < 1.29 is 27.9 Å². The third-order valence-electron chi connectivity index (χ3n) is 9.75. The molecule has 1 spiro atoms. The van der Waals surface area contributed by atoms with Crippen molar-refractivity contribution in [2.75, 3.05) is 53.3 Å². The van der Waals surface area contributed by atoms with Crippen molar-refractivity contribution in [3.8, 4) is 10.4 Å². The molecule has 3 aliphatic heterocycles. The molecule has 6 heterocycles. The van der Waals surface area contributed by atoms with Gasteiger partial charge >= 0.3 is 0 Å². The fourth-order valence-electron chi connectivity index (χ4n) is 7.01. The van der Waals surface area contributed by atoms with E-state index in [1.165, 1.54) is 17.4 Å². The summed E-state index contributed by atoms with van der Waals surface area (Å²) in [5.41, 5.74) is 3.29. The highest BCUT2D eigenvalue weighted by molar-refractivity contribution is 7.17. The van der Waals surface area contributed by atoms with Crippen LogP contribution in [0.4, 0.5) is 31.7 Å². The molecule has 3 amide bonds. The molecule has 5 aromatic rings. The first kappa shape index (κ1) is 32.7. The average Bonchev–Trinajstić information content (AvgIpc) is 3.50. The molecule has 0 atom stereocenters. The van der Waals surface area contributed by atoms with E-state index in [1.807, 2.05) is 0 Å². The van der Waals surface area contributed by atoms with Crippen LogP contribution in [0.2, 0.25) is 0 Å². The Morgan fingerprint density at radius 1 is 0.882 bits per heavy atom. The molecule has 0 aliphatic carbocycles. The molecule has 8 rings (SSSR count). The number of anilines is 4. The van der Waals surface area contributed by atoms with Crippen molar-refractivity contribution in [1.82, 2.24) is 9.97 Å². The summed E-state index contributed by atoms with van der Waals surface area (Å²) < 4.78 is 33.9. The second kappa shape index (κ2) is 13.3. The van der Waals surface area contributed by atoms with E-state index in [1.54, 1.807) is 72.0 Å². The van der Waals surface area contributed by atoms with Crippen LogP contribution in [0.15, 0.2) is 85.3 Å². The quantitative estimate of drug-likeness (QED) is 0.199. The fraction of sp³-hybridized carbons (Fsp3) is 0.237. The molecule has 2 saturated heterocycles. The number of hydrogen-bond acceptors (Lipinski definition) is 8. The van der Waals surface area contributed by atoms with Crippen LogP contribution >= 0.6 is 11.3 Å². The summed E-state index contributed by atoms with van der Waals surface area (Å²) in [5.74, 6) is -2.23. The summed E-state index contributed by atoms with van der Waals surface area (Å²) in [7, 11) is 0. The number of rotatable bonds is 6. The van der Waals surface area contributed by atoms with Crippen LogP contribution in [0.3, 0.4) is 0 Å². The predicted octanol–water partition coefficient (Wildman–Crippen LogP) is 6.81. The number of aromatic nitrogens is 2. The van der Waals surface area contributed by atoms with Crippen LogP contribution in [0.25, 0.3) is 10.4 Å². The SMILES string of the molecule is O=C(Nc1c(F)cccc1F)c1cc2c(s1)-c1ccncc1N(C(=O)c1ccc(NC(=O)c3cccnc3N3CC4(CCOCC4)C3)cc1)CC2. The Labute approximate surface area is 296 Å². The van der Waals surface area contributed by atoms with Crippen LogP contribution in [0.5, 0.6) is 0 Å². The minimum atomic E-state index is -0.865. The molecule has 2 fully saturated rings. The number of carbonyl (C=O) groups excluding carboxylic acids is 3. The number of hydrogen-bond donors (Lipinski definition) is 2. The lowest BCUT2D eigenvalue weighted by Gasteiger charge is -2.53. The van der Waals surface area contributed by atoms with E-state index >= 15 is 0 Å². The number of carbonyl (C=O) groups is 3. The van der Waals surface area contributed by atoms with Gasteiger partial charge in [0.25, 0.3) is 17.7 Å². The number of fused-ring (bicyclic) bond motifs is 3. The van der Waals surface area contributed by atoms with Crippen molar-refractivity contribution in [3.05, 3.63) is 119 Å². The van der Waals surface area contributed by atoms with Gasteiger partial charge in [-0.2, -0.15) is 0 Å². The number of nitrogens with zero attached hydrogens (tertiary/aromatic N) is 4. The zero-order valence-corrected chi connectivity index (χ0v) is 28.1. The minimum absolute atomic E-state index is 0.229. The first-order valence-corrected chi connectivity index (χ1v) is 17.4. The normalized spacial score (nSPS) is 16.0. The number of benzene rings is 2. The zero-order valence-electron chi connectivity index (χ0n) is 27.3. The predicted molar refractivity (Wildman–Crippen MR) is 191 cm³/mol. The molecule has 3 aromatic heterocycles. The van der Waals surface area contributed by atoms with Crippen molar-refractivity contribution in [2.24, 2.45) is 5.41 Å². The maximum absolute atomic E-state index is 14.2. The fourth-order valence-corrected chi connectivity index (χ4v) is 8.15. The molecule has 10 nitrogen and oxygen atoms in total. The van der Waals surface area contributed by atoms with E-state index < -0.39 is 23.2 Å². The maximum Gasteiger partial charge on any atom is 0.265 e. The van der Waals surface area contributed by atoms with E-state index in [0.717, 1.165) is 61.7 Å². The molecule has 0 radical (unpaired) electrons. The molecule has 0 saturated carbocycles. The number of nitrogens with one attached hydrogen (secondary N) is 2. The van der Waals surface area contributed by atoms with E-state index in [2.05, 4.69) is 25.5 Å². The van der Waals surface area contributed by atoms with Gasteiger partial charge < -0.3 is 25.2 Å². The van der Waals surface area contributed by atoms with Crippen molar-refractivity contribution in [1.29, 1.82) is 0 Å². The largest absolute Gasteiger partial charge is 0.381 e. The number of ether oxygens (including phenoxy) is 1. The van der Waals surface area contributed by atoms with Gasteiger partial charge in [0.15, 0.2) is 0 Å². The van der Waals surface area contributed by atoms with Gasteiger partial charge in [0, 0.05) is 72.3 Å². The molecule has 2 N–H and O–H groups in total. The average molecular weight is 707 g/mol. The molecular formula is C38H32F2N6O4S. The smallest absolute Gasteiger partial charge is 0.265 e. The summed E-state index contributed by atoms with van der Waals surface area (Å²) in [6.45, 7) is 3.53. The summed E-state index contributed by atoms with van der Waals surface area (Å²) in [6, 6.07) is 17.1. The lowest BCUT2D eigenvalue weighted by Crippen LogP contribution is -2.59. The number of thiophene rings is 1. The number of halogens is 2. The Morgan fingerprint density at radius 2 is 1.65 bits per heavy atom. The lowest BCUT2D eigenvalue weighted by molar-refractivity contribution is -0.000510. The summed E-state index contributed by atoms with van der Waals surface area (Å²) in [5, 5.41) is 5.31. The maximum atomic E-state index is 14.2. The van der Waals surface area contributed by atoms with Gasteiger partial charge in [-0.1, -0.05) is 6.07 Å². The first-order valence-electron chi connectivity index (χ1n) is 16.6. The molecule has 13 heteroatoms. The highest BCUT2D eigenvalue weighted by Gasteiger charge is 2.45. The molecule has 51 heavy (non-hydrogen) atoms. The number of pyridine rings is 2. The molecule has 2 aromatic carbocycles. The van der Waals surface area contributed by atoms with Gasteiger partial charge in [0.05, 0.1) is 22.3 Å². The van der Waals surface area contributed by atoms with E-state index in [-0.39, 0.29) is 22.1 Å². The highest BCUT2D eigenvalue weighted by Crippen LogP contribution is 2.43. The number of amides is 3. The molecule has 0 unspecified atom stereocenters. The highest BCUT2D eigenvalue weighted by atomic mass is 32.1. The second-order valence-corrected chi connectivity index (χ2v) is 14.0. The summed E-state index contributed by atoms with van der Waals surface area (Å²) >= 11 is 1.18. The molecule has 0 bridgehead atoms. The third kappa shape index (κ3) is 6.23. The Balaban J connectivity index is 0.968. The topological polar surface area (TPSA) is 117 Å². The van der Waals surface area contributed by atoms with Crippen molar-refractivity contribution in [2.45, 2.75) is 19.3 Å². The monoisotopic (exact) mass is 706 g/mol. The molecule has 3 aliphatic rings. The standard InChI is InChI=1S/C38H32F2N6O4S/c39-28-4-1-5-29(40)32(28)44-36(48)31-19-24-11-16-46(30-20-41-15-10-26(30)33(24)51-31)37(49)23-6-8-25(9-7-23)43-35(47)27-3-2-14-42-34(27)45-21-38(22-45)12-17-50-18-13-38/h1-10,14-15,19-20H,11-13,16-18,21-22H2,(H,43,47)(H,44,48). The van der Waals surface area contributed by atoms with Gasteiger partial charge in [-0.05, 0) is 85.5 Å². The Bertz CT molecular complexity index is 2140. The van der Waals surface area contributed by atoms with Crippen LogP contribution in [-0.4, -0.2) is 60.5 Å². The van der Waals surface area contributed by atoms with Gasteiger partial charge in [-0.15, -0.1) is 11.3 Å². The molecule has 258 valence electrons. The molecular weight excluding hydrogens is 675 g/mol. The van der Waals surface area contributed by atoms with Crippen LogP contribution < -0.4 is 20.4 Å². The third-order valence-corrected chi connectivity index (χ3v) is 11.0. The van der Waals surface area contributed by atoms with Crippen LogP contribution in [0, 0.1) is 17.0 Å². The Hall–Kier alpha value is -5.53.